The molecular formula is C31H33BFNO7. The molecule has 41 heavy (non-hydrogen) atoms. The van der Waals surface area contributed by atoms with Crippen LogP contribution in [0.1, 0.15) is 23.6 Å². The number of aryl methyl sites for hydroxylation is 1. The van der Waals surface area contributed by atoms with Crippen LogP contribution < -0.4 is 14.9 Å². The summed E-state index contributed by atoms with van der Waals surface area (Å²) < 4.78 is 43.2. The molecule has 1 fully saturated rings. The summed E-state index contributed by atoms with van der Waals surface area (Å²) in [5.41, 5.74) is 4.61. The average molecular weight is 561 g/mol. The lowest BCUT2D eigenvalue weighted by molar-refractivity contribution is -0.120. The van der Waals surface area contributed by atoms with Crippen LogP contribution in [0.2, 0.25) is 0 Å². The smallest absolute Gasteiger partial charge is 0.494 e. The van der Waals surface area contributed by atoms with Crippen molar-refractivity contribution in [2.75, 3.05) is 26.9 Å². The zero-order valence-corrected chi connectivity index (χ0v) is 23.5. The Hall–Kier alpha value is -4.31. The number of hydrogen-bond acceptors (Lipinski definition) is 8. The zero-order valence-electron chi connectivity index (χ0n) is 23.5. The first-order valence-corrected chi connectivity index (χ1v) is 13.3. The predicted molar refractivity (Wildman–Crippen MR) is 153 cm³/mol. The molecular weight excluding hydrogens is 528 g/mol. The van der Waals surface area contributed by atoms with Crippen LogP contribution in [0.5, 0.6) is 11.5 Å². The minimum absolute atomic E-state index is 0.0737. The van der Waals surface area contributed by atoms with E-state index in [1.54, 1.807) is 44.3 Å². The molecule has 2 N–H and O–H groups in total. The highest BCUT2D eigenvalue weighted by Gasteiger charge is 2.35. The minimum atomic E-state index is -1.04. The van der Waals surface area contributed by atoms with E-state index in [0.29, 0.717) is 43.2 Å². The highest BCUT2D eigenvalue weighted by Crippen LogP contribution is 2.36. The van der Waals surface area contributed by atoms with Gasteiger partial charge in [-0.15, -0.1) is 0 Å². The Morgan fingerprint density at radius 3 is 2.29 bits per heavy atom. The normalized spacial score (nSPS) is 17.6. The van der Waals surface area contributed by atoms with E-state index >= 15 is 4.39 Å². The van der Waals surface area contributed by atoms with Crippen molar-refractivity contribution in [3.8, 4) is 22.6 Å². The molecule has 5 rings (SSSR count). The first-order valence-electron chi connectivity index (χ1n) is 13.3. The van der Waals surface area contributed by atoms with Crippen LogP contribution in [0.25, 0.3) is 11.1 Å². The molecule has 0 saturated carbocycles. The summed E-state index contributed by atoms with van der Waals surface area (Å²) >= 11 is 0. The molecule has 2 aliphatic rings. The van der Waals surface area contributed by atoms with Crippen LogP contribution in [0.4, 0.5) is 4.39 Å². The molecule has 0 aromatic heterocycles. The molecule has 0 radical (unpaired) electrons. The monoisotopic (exact) mass is 561 g/mol. The molecule has 0 amide bonds. The van der Waals surface area contributed by atoms with Crippen LogP contribution in [-0.4, -0.2) is 49.1 Å². The lowest BCUT2D eigenvalue weighted by atomic mass is 9.79. The van der Waals surface area contributed by atoms with E-state index in [0.717, 1.165) is 22.3 Å². The summed E-state index contributed by atoms with van der Waals surface area (Å²) in [6.45, 7) is 7.75. The maximum atomic E-state index is 15.3. The van der Waals surface area contributed by atoms with Crippen molar-refractivity contribution in [2.45, 2.75) is 27.4 Å². The number of benzene rings is 3. The molecule has 0 spiro atoms. The van der Waals surface area contributed by atoms with Crippen LogP contribution in [0.3, 0.4) is 0 Å². The molecule has 2 heterocycles. The molecule has 0 aliphatic carbocycles. The molecule has 0 unspecified atom stereocenters. The number of ether oxygens (including phenoxy) is 3. The van der Waals surface area contributed by atoms with Gasteiger partial charge < -0.3 is 38.6 Å². The third-order valence-electron chi connectivity index (χ3n) is 7.00. The van der Waals surface area contributed by atoms with Gasteiger partial charge in [0, 0.05) is 17.9 Å². The van der Waals surface area contributed by atoms with Gasteiger partial charge in [-0.3, -0.25) is 0 Å². The predicted octanol–water partition coefficient (Wildman–Crippen LogP) is 5.49. The van der Waals surface area contributed by atoms with E-state index < -0.39 is 7.12 Å². The second kappa shape index (κ2) is 11.7. The fourth-order valence-electron chi connectivity index (χ4n) is 4.79. The molecule has 0 atom stereocenters. The number of halogens is 1. The van der Waals surface area contributed by atoms with Crippen LogP contribution in [-0.2, 0) is 20.7 Å². The maximum absolute atomic E-state index is 15.3. The molecule has 2 aliphatic heterocycles. The summed E-state index contributed by atoms with van der Waals surface area (Å²) in [6, 6.07) is 16.5. The van der Waals surface area contributed by atoms with E-state index in [4.69, 9.17) is 23.5 Å². The largest absolute Gasteiger partial charge is 0.636 e. The van der Waals surface area contributed by atoms with Gasteiger partial charge in [0.15, 0.2) is 11.6 Å². The first-order chi connectivity index (χ1) is 19.6. The second-order valence-electron chi connectivity index (χ2n) is 10.8. The van der Waals surface area contributed by atoms with Gasteiger partial charge in [0.2, 0.25) is 0 Å². The summed E-state index contributed by atoms with van der Waals surface area (Å²) in [4.78, 5) is 1.41. The summed E-state index contributed by atoms with van der Waals surface area (Å²) in [5, 5.41) is 19.9. The quantitative estimate of drug-likeness (QED) is 0.349. The van der Waals surface area contributed by atoms with E-state index in [1.165, 1.54) is 17.3 Å². The van der Waals surface area contributed by atoms with Gasteiger partial charge >= 0.3 is 7.12 Å². The average Bonchev–Trinajstić information content (AvgIpc) is 2.91. The Morgan fingerprint density at radius 1 is 0.976 bits per heavy atom. The molecule has 3 aromatic rings. The summed E-state index contributed by atoms with van der Waals surface area (Å²) in [6.07, 6.45) is 2.62. The molecule has 10 heteroatoms. The molecule has 1 saturated heterocycles. The van der Waals surface area contributed by atoms with Gasteiger partial charge in [-0.05, 0) is 65.9 Å². The van der Waals surface area contributed by atoms with Crippen LogP contribution in [0, 0.1) is 25.1 Å². The fourth-order valence-corrected chi connectivity index (χ4v) is 4.79. The first kappa shape index (κ1) is 28.2. The fraction of sp³-hybridized carbons (Fsp3) is 0.290. The topological polar surface area (TPSA) is 89.9 Å². The van der Waals surface area contributed by atoms with Gasteiger partial charge in [-0.2, -0.15) is 0 Å². The zero-order chi connectivity index (χ0) is 29.1. The van der Waals surface area contributed by atoms with Gasteiger partial charge in [0.05, 0.1) is 32.2 Å². The van der Waals surface area contributed by atoms with Crippen molar-refractivity contribution in [1.82, 2.24) is 4.90 Å². The number of hydrogen-bond donors (Lipinski definition) is 2. The lowest BCUT2D eigenvalue weighted by Crippen LogP contribution is -2.44. The van der Waals surface area contributed by atoms with E-state index in [-0.39, 0.29) is 28.9 Å². The minimum Gasteiger partial charge on any atom is -0.494 e. The van der Waals surface area contributed by atoms with Gasteiger partial charge in [-0.1, -0.05) is 37.3 Å². The summed E-state index contributed by atoms with van der Waals surface area (Å²) in [7, 11) is 0.571. The Balaban J connectivity index is 1.26. The van der Waals surface area contributed by atoms with Crippen molar-refractivity contribution in [1.29, 1.82) is 0 Å². The Labute approximate surface area is 239 Å². The molecule has 3 aromatic carbocycles. The van der Waals surface area contributed by atoms with Gasteiger partial charge in [0.1, 0.15) is 12.4 Å². The molecule has 8 nitrogen and oxygen atoms in total. The van der Waals surface area contributed by atoms with Gasteiger partial charge in [-0.25, -0.2) is 4.39 Å². The number of aliphatic hydroxyl groups is 2. The van der Waals surface area contributed by atoms with Crippen molar-refractivity contribution < 1.29 is 38.1 Å². The second-order valence-corrected chi connectivity index (χ2v) is 10.8. The highest BCUT2D eigenvalue weighted by atomic mass is 19.1. The number of nitrogens with zero attached hydrogens (tertiary/aromatic N) is 1. The molecule has 0 bridgehead atoms. The number of rotatable bonds is 8. The van der Waals surface area contributed by atoms with E-state index in [2.05, 4.69) is 6.92 Å². The van der Waals surface area contributed by atoms with Crippen molar-refractivity contribution in [3.63, 3.8) is 0 Å². The highest BCUT2D eigenvalue weighted by molar-refractivity contribution is 6.61. The molecule has 214 valence electrons. The van der Waals surface area contributed by atoms with Crippen molar-refractivity contribution in [2.24, 2.45) is 5.41 Å². The van der Waals surface area contributed by atoms with Crippen molar-refractivity contribution in [3.05, 3.63) is 101 Å². The van der Waals surface area contributed by atoms with Crippen LogP contribution >= 0.6 is 0 Å². The SMILES string of the molecule is Cc1cc(OCC2(C)COC2)c(F)c(C)c1-c1cccc(COc2ccc(B3OC(O)=CN(C)/C=C(/O)O3)cc2)c1. The van der Waals surface area contributed by atoms with Crippen molar-refractivity contribution >= 4 is 12.6 Å². The standard InChI is InChI=1S/C31H33BFNO7/c1-20-12-26(39-19-31(3)17-37-18-31)30(33)21(2)29(20)23-7-5-6-22(13-23)16-38-25-10-8-24(9-11-25)32-40-27(35)14-34(4)15-28(36)41-32/h5-15,35-36H,16-19H2,1-4H3/b27-14-,28-15?. The van der Waals surface area contributed by atoms with E-state index in [9.17, 15) is 10.2 Å². The maximum Gasteiger partial charge on any atom is 0.636 e. The Bertz CT molecular complexity index is 1450. The number of aliphatic hydroxyl groups excluding tert-OH is 2. The lowest BCUT2D eigenvalue weighted by Gasteiger charge is -2.37. The Morgan fingerprint density at radius 2 is 1.66 bits per heavy atom. The van der Waals surface area contributed by atoms with Crippen LogP contribution in [0.15, 0.2) is 78.9 Å². The third-order valence-corrected chi connectivity index (χ3v) is 7.00. The third kappa shape index (κ3) is 6.54. The Kier molecular flexibility index (Phi) is 8.03. The van der Waals surface area contributed by atoms with Gasteiger partial charge in [0.25, 0.3) is 11.9 Å². The summed E-state index contributed by atoms with van der Waals surface area (Å²) in [5.74, 6) is -0.193. The van der Waals surface area contributed by atoms with E-state index in [1.807, 2.05) is 31.2 Å².